The van der Waals surface area contributed by atoms with Crippen molar-refractivity contribution in [2.24, 2.45) is 0 Å². The van der Waals surface area contributed by atoms with E-state index in [-0.39, 0.29) is 5.57 Å². The summed E-state index contributed by atoms with van der Waals surface area (Å²) >= 11 is 5.98. The number of carbonyl (C=O) groups excluding carboxylic acids is 2. The van der Waals surface area contributed by atoms with E-state index >= 15 is 0 Å². The first-order valence-electron chi connectivity index (χ1n) is 11.9. The second kappa shape index (κ2) is 10.7. The van der Waals surface area contributed by atoms with Gasteiger partial charge in [0.2, 0.25) is 5.78 Å². The number of likely N-dealkylation sites (tertiary alicyclic amines) is 1. The van der Waals surface area contributed by atoms with E-state index in [1.165, 1.54) is 4.90 Å². The summed E-state index contributed by atoms with van der Waals surface area (Å²) in [7, 11) is 0. The highest BCUT2D eigenvalue weighted by Crippen LogP contribution is 2.39. The largest absolute Gasteiger partial charge is 0.872 e. The predicted molar refractivity (Wildman–Crippen MR) is 129 cm³/mol. The molecule has 2 fully saturated rings. The van der Waals surface area contributed by atoms with Crippen LogP contribution in [-0.2, 0) is 14.3 Å². The smallest absolute Gasteiger partial charge is 0.295 e. The minimum absolute atomic E-state index is 0.0170. The summed E-state index contributed by atoms with van der Waals surface area (Å²) in [4.78, 5) is 29.2. The Morgan fingerprint density at radius 2 is 1.74 bits per heavy atom. The number of carbonyl (C=O) groups is 2. The second-order valence-electron chi connectivity index (χ2n) is 9.27. The van der Waals surface area contributed by atoms with E-state index in [0.717, 1.165) is 50.4 Å². The van der Waals surface area contributed by atoms with E-state index in [2.05, 4.69) is 13.8 Å². The number of amides is 1. The highest BCUT2D eigenvalue weighted by Gasteiger charge is 2.44. The predicted octanol–water partition coefficient (Wildman–Crippen LogP) is 1.99. The molecule has 2 aliphatic heterocycles. The Kier molecular flexibility index (Phi) is 7.71. The van der Waals surface area contributed by atoms with E-state index in [1.54, 1.807) is 29.2 Å². The number of quaternary nitrogens is 1. The molecule has 0 aromatic heterocycles. The number of hydrogen-bond donors (Lipinski definition) is 1. The Bertz CT molecular complexity index is 1060. The van der Waals surface area contributed by atoms with Gasteiger partial charge in [0.05, 0.1) is 25.8 Å². The van der Waals surface area contributed by atoms with Gasteiger partial charge in [-0.25, -0.2) is 0 Å². The molecule has 34 heavy (non-hydrogen) atoms. The monoisotopic (exact) mass is 482 g/mol. The van der Waals surface area contributed by atoms with Crippen LogP contribution in [0.5, 0.6) is 0 Å². The maximum Gasteiger partial charge on any atom is 0.295 e. The Balaban J connectivity index is 1.67. The van der Waals surface area contributed by atoms with Crippen molar-refractivity contribution in [3.63, 3.8) is 0 Å². The normalized spacial score (nSPS) is 20.9. The molecule has 0 bridgehead atoms. The number of benzene rings is 2. The maximum absolute atomic E-state index is 13.4. The zero-order chi connectivity index (χ0) is 24.2. The van der Waals surface area contributed by atoms with Gasteiger partial charge in [0, 0.05) is 23.6 Å². The Hall–Kier alpha value is -2.67. The van der Waals surface area contributed by atoms with Crippen LogP contribution >= 0.6 is 11.6 Å². The SMILES string of the molecule is CC(C)c1ccc(C2/C(=C(\[O-])c3ccc(Cl)cc3)C(=O)C(=O)N2CCC[NH+]2CCOCC2)cc1. The van der Waals surface area contributed by atoms with Crippen LogP contribution in [0.2, 0.25) is 5.02 Å². The molecule has 2 aliphatic rings. The summed E-state index contributed by atoms with van der Waals surface area (Å²) < 4.78 is 5.42. The average molecular weight is 483 g/mol. The number of Topliss-reactive ketones (excluding diaryl/α,β-unsaturated/α-hetero) is 1. The lowest BCUT2D eigenvalue weighted by Crippen LogP contribution is -3.14. The Labute approximate surface area is 205 Å². The quantitative estimate of drug-likeness (QED) is 0.372. The van der Waals surface area contributed by atoms with Crippen molar-refractivity contribution in [3.05, 3.63) is 75.8 Å². The van der Waals surface area contributed by atoms with Gasteiger partial charge < -0.3 is 19.6 Å². The highest BCUT2D eigenvalue weighted by molar-refractivity contribution is 6.46. The number of ether oxygens (including phenoxy) is 1. The molecule has 0 radical (unpaired) electrons. The number of ketones is 1. The third kappa shape index (κ3) is 5.19. The molecule has 2 heterocycles. The topological polar surface area (TPSA) is 74.1 Å². The minimum atomic E-state index is -0.711. The molecule has 0 aliphatic carbocycles. The van der Waals surface area contributed by atoms with E-state index in [4.69, 9.17) is 16.3 Å². The third-order valence-electron chi connectivity index (χ3n) is 6.68. The third-order valence-corrected chi connectivity index (χ3v) is 6.94. The van der Waals surface area contributed by atoms with E-state index in [0.29, 0.717) is 23.0 Å². The second-order valence-corrected chi connectivity index (χ2v) is 9.70. The van der Waals surface area contributed by atoms with Crippen molar-refractivity contribution >= 4 is 29.1 Å². The first kappa shape index (κ1) is 24.5. The molecule has 1 unspecified atom stereocenters. The van der Waals surface area contributed by atoms with Crippen LogP contribution < -0.4 is 10.0 Å². The lowest BCUT2D eigenvalue weighted by atomic mass is 9.93. The minimum Gasteiger partial charge on any atom is -0.872 e. The Morgan fingerprint density at radius 3 is 2.35 bits per heavy atom. The van der Waals surface area contributed by atoms with E-state index < -0.39 is 23.5 Å². The van der Waals surface area contributed by atoms with Gasteiger partial charge in [-0.3, -0.25) is 9.59 Å². The first-order chi connectivity index (χ1) is 16.4. The summed E-state index contributed by atoms with van der Waals surface area (Å²) in [5, 5.41) is 13.9. The van der Waals surface area contributed by atoms with Crippen molar-refractivity contribution < 1.29 is 24.3 Å². The maximum atomic E-state index is 13.4. The first-order valence-corrected chi connectivity index (χ1v) is 12.3. The van der Waals surface area contributed by atoms with Crippen LogP contribution in [0.3, 0.4) is 0 Å². The number of rotatable bonds is 7. The van der Waals surface area contributed by atoms with Crippen LogP contribution in [0.25, 0.3) is 5.76 Å². The van der Waals surface area contributed by atoms with Crippen LogP contribution in [0.4, 0.5) is 0 Å². The van der Waals surface area contributed by atoms with Gasteiger partial charge in [-0.2, -0.15) is 0 Å². The molecule has 1 atom stereocenters. The molecule has 0 spiro atoms. The molecule has 4 rings (SSSR count). The van der Waals surface area contributed by atoms with Gasteiger partial charge in [-0.05, 0) is 34.7 Å². The number of hydrogen-bond acceptors (Lipinski definition) is 4. The zero-order valence-corrected chi connectivity index (χ0v) is 20.4. The van der Waals surface area contributed by atoms with Crippen LogP contribution in [-0.4, -0.2) is 56.0 Å². The van der Waals surface area contributed by atoms with Crippen molar-refractivity contribution in [1.29, 1.82) is 0 Å². The van der Waals surface area contributed by atoms with E-state index in [9.17, 15) is 14.7 Å². The highest BCUT2D eigenvalue weighted by atomic mass is 35.5. The zero-order valence-electron chi connectivity index (χ0n) is 19.7. The summed E-state index contributed by atoms with van der Waals surface area (Å²) in [5.74, 6) is -1.38. The molecule has 6 nitrogen and oxygen atoms in total. The molecule has 1 amide bonds. The van der Waals surface area contributed by atoms with Gasteiger partial charge in [0.25, 0.3) is 5.91 Å². The summed E-state index contributed by atoms with van der Waals surface area (Å²) in [6.45, 7) is 8.91. The van der Waals surface area contributed by atoms with Crippen molar-refractivity contribution in [2.45, 2.75) is 32.2 Å². The number of nitrogens with zero attached hydrogens (tertiary/aromatic N) is 1. The molecule has 2 aromatic rings. The standard InChI is InChI=1S/C27H31ClN2O4/c1-18(2)19-4-6-20(7-5-19)24-23(25(31)21-8-10-22(28)11-9-21)26(32)27(33)30(24)13-3-12-29-14-16-34-17-15-29/h4-11,18,24,31H,3,12-17H2,1-2H3/b25-23+. The van der Waals surface area contributed by atoms with Crippen LogP contribution in [0.15, 0.2) is 54.1 Å². The fraction of sp³-hybridized carbons (Fsp3) is 0.407. The fourth-order valence-corrected chi connectivity index (χ4v) is 4.80. The van der Waals surface area contributed by atoms with E-state index in [1.807, 2.05) is 24.3 Å². The molecule has 7 heteroatoms. The summed E-state index contributed by atoms with van der Waals surface area (Å²) in [6, 6.07) is 13.6. The molecule has 180 valence electrons. The molecule has 2 saturated heterocycles. The van der Waals surface area contributed by atoms with Crippen molar-refractivity contribution in [1.82, 2.24) is 4.90 Å². The number of morpholine rings is 1. The van der Waals surface area contributed by atoms with Gasteiger partial charge >= 0.3 is 0 Å². The number of nitrogens with one attached hydrogen (secondary N) is 1. The molecule has 0 saturated carbocycles. The van der Waals surface area contributed by atoms with Crippen molar-refractivity contribution in [2.75, 3.05) is 39.4 Å². The van der Waals surface area contributed by atoms with Gasteiger partial charge in [-0.15, -0.1) is 0 Å². The lowest BCUT2D eigenvalue weighted by Gasteiger charge is -2.29. The van der Waals surface area contributed by atoms with Gasteiger partial charge in [0.15, 0.2) is 0 Å². The Morgan fingerprint density at radius 1 is 1.09 bits per heavy atom. The molecular formula is C27H31ClN2O4. The lowest BCUT2D eigenvalue weighted by molar-refractivity contribution is -0.908. The fourth-order valence-electron chi connectivity index (χ4n) is 4.68. The average Bonchev–Trinajstić information content (AvgIpc) is 3.10. The summed E-state index contributed by atoms with van der Waals surface area (Å²) in [6.07, 6.45) is 0.747. The van der Waals surface area contributed by atoms with Gasteiger partial charge in [0.1, 0.15) is 13.1 Å². The molecular weight excluding hydrogens is 452 g/mol. The van der Waals surface area contributed by atoms with Crippen LogP contribution in [0.1, 0.15) is 48.9 Å². The van der Waals surface area contributed by atoms with Gasteiger partial charge in [-0.1, -0.05) is 67.6 Å². The molecule has 2 aromatic carbocycles. The molecule has 1 N–H and O–H groups in total. The van der Waals surface area contributed by atoms with Crippen LogP contribution in [0, 0.1) is 0 Å². The van der Waals surface area contributed by atoms with Crippen molar-refractivity contribution in [3.8, 4) is 0 Å². The summed E-state index contributed by atoms with van der Waals surface area (Å²) in [5.41, 5.74) is 2.30. The number of halogens is 1.